The molecule has 0 atom stereocenters. The fraction of sp³-hybridized carbons (Fsp3) is 0.591. The van der Waals surface area contributed by atoms with Crippen molar-refractivity contribution in [3.05, 3.63) is 24.3 Å². The van der Waals surface area contributed by atoms with Crippen LogP contribution in [-0.4, -0.2) is 72.6 Å². The van der Waals surface area contributed by atoms with Crippen LogP contribution in [0.1, 0.15) is 44.6 Å². The summed E-state index contributed by atoms with van der Waals surface area (Å²) in [6.07, 6.45) is 6.65. The molecule has 0 spiro atoms. The molecular formula is C22H30N4O5S2. The largest absolute Gasteiger partial charge is 0.468 e. The Labute approximate surface area is 198 Å². The Morgan fingerprint density at radius 3 is 2.58 bits per heavy atom. The molecule has 1 aliphatic heterocycles. The second-order valence-corrected chi connectivity index (χ2v) is 11.1. The maximum Gasteiger partial charge on any atom is 0.316 e. The Morgan fingerprint density at radius 2 is 1.88 bits per heavy atom. The van der Waals surface area contributed by atoms with E-state index >= 15 is 0 Å². The smallest absolute Gasteiger partial charge is 0.316 e. The Balaban J connectivity index is 1.70. The van der Waals surface area contributed by atoms with E-state index < -0.39 is 10.0 Å². The van der Waals surface area contributed by atoms with Crippen molar-refractivity contribution in [3.63, 3.8) is 0 Å². The zero-order valence-electron chi connectivity index (χ0n) is 18.8. The first-order chi connectivity index (χ1) is 16.0. The molecule has 0 amide bonds. The van der Waals surface area contributed by atoms with Gasteiger partial charge in [0, 0.05) is 24.7 Å². The molecule has 9 nitrogen and oxygen atoms in total. The van der Waals surface area contributed by atoms with Gasteiger partial charge in [0.2, 0.25) is 10.0 Å². The van der Waals surface area contributed by atoms with Crippen LogP contribution in [0.4, 0.5) is 0 Å². The second kappa shape index (κ2) is 11.0. The van der Waals surface area contributed by atoms with Crippen molar-refractivity contribution in [2.24, 2.45) is 0 Å². The van der Waals surface area contributed by atoms with E-state index in [0.717, 1.165) is 25.7 Å². The Hall–Kier alpha value is -1.95. The molecule has 11 heteroatoms. The number of thioether (sulfide) groups is 1. The SMILES string of the molecule is COC(=O)CSc1nnc(-c2cccc(S(=O)(=O)N3CCOCC3)c2)n1C1CCCCCC1. The Bertz CT molecular complexity index is 1060. The molecule has 1 aliphatic carbocycles. The molecule has 2 heterocycles. The maximum absolute atomic E-state index is 13.2. The van der Waals surface area contributed by atoms with Crippen LogP contribution in [0.3, 0.4) is 0 Å². The minimum absolute atomic E-state index is 0.146. The highest BCUT2D eigenvalue weighted by Crippen LogP contribution is 2.35. The van der Waals surface area contributed by atoms with Crippen molar-refractivity contribution in [1.82, 2.24) is 19.1 Å². The predicted molar refractivity (Wildman–Crippen MR) is 125 cm³/mol. The summed E-state index contributed by atoms with van der Waals surface area (Å²) in [5.41, 5.74) is 0.700. The van der Waals surface area contributed by atoms with Gasteiger partial charge in [-0.1, -0.05) is 49.6 Å². The molecule has 2 aromatic rings. The maximum atomic E-state index is 13.2. The fourth-order valence-electron chi connectivity index (χ4n) is 4.33. The molecule has 33 heavy (non-hydrogen) atoms. The summed E-state index contributed by atoms with van der Waals surface area (Å²) in [5.74, 6) is 0.455. The highest BCUT2D eigenvalue weighted by Gasteiger charge is 2.28. The number of benzene rings is 1. The third-order valence-corrected chi connectivity index (χ3v) is 8.91. The predicted octanol–water partition coefficient (Wildman–Crippen LogP) is 3.13. The van der Waals surface area contributed by atoms with Gasteiger partial charge >= 0.3 is 5.97 Å². The van der Waals surface area contributed by atoms with Crippen molar-refractivity contribution in [2.75, 3.05) is 39.2 Å². The summed E-state index contributed by atoms with van der Waals surface area (Å²) < 4.78 is 40.0. The number of methoxy groups -OCH3 is 1. The number of esters is 1. The van der Waals surface area contributed by atoms with E-state index in [1.54, 1.807) is 18.2 Å². The van der Waals surface area contributed by atoms with Gasteiger partial charge in [-0.2, -0.15) is 4.31 Å². The number of ether oxygens (including phenoxy) is 2. The lowest BCUT2D eigenvalue weighted by atomic mass is 10.1. The topological polar surface area (TPSA) is 104 Å². The average molecular weight is 495 g/mol. The van der Waals surface area contributed by atoms with Gasteiger partial charge < -0.3 is 9.47 Å². The quantitative estimate of drug-likeness (QED) is 0.329. The number of nitrogens with zero attached hydrogens (tertiary/aromatic N) is 4. The Morgan fingerprint density at radius 1 is 1.15 bits per heavy atom. The van der Waals surface area contributed by atoms with Gasteiger partial charge in [-0.25, -0.2) is 8.42 Å². The molecule has 0 N–H and O–H groups in total. The van der Waals surface area contributed by atoms with E-state index in [1.807, 2.05) is 6.07 Å². The van der Waals surface area contributed by atoms with E-state index in [-0.39, 0.29) is 22.7 Å². The van der Waals surface area contributed by atoms with E-state index in [2.05, 4.69) is 14.8 Å². The number of rotatable bonds is 7. The van der Waals surface area contributed by atoms with E-state index in [4.69, 9.17) is 9.47 Å². The molecule has 2 fully saturated rings. The standard InChI is InChI=1S/C22H30N4O5S2/c1-30-20(27)16-32-22-24-23-21(26(22)18-8-4-2-3-5-9-18)17-7-6-10-19(15-17)33(28,29)25-11-13-31-14-12-25/h6-7,10,15,18H,2-5,8-9,11-14,16H2,1H3. The van der Waals surface area contributed by atoms with Crippen LogP contribution in [-0.2, 0) is 24.3 Å². The van der Waals surface area contributed by atoms with Gasteiger partial charge in [0.05, 0.1) is 31.0 Å². The number of sulfonamides is 1. The summed E-state index contributed by atoms with van der Waals surface area (Å²) in [7, 11) is -2.26. The van der Waals surface area contributed by atoms with Gasteiger partial charge in [0.15, 0.2) is 11.0 Å². The lowest BCUT2D eigenvalue weighted by molar-refractivity contribution is -0.137. The normalized spacial score (nSPS) is 18.7. The minimum atomic E-state index is -3.62. The second-order valence-electron chi connectivity index (χ2n) is 8.23. The van der Waals surface area contributed by atoms with Crippen molar-refractivity contribution in [3.8, 4) is 11.4 Å². The number of carbonyl (C=O) groups is 1. The van der Waals surface area contributed by atoms with Gasteiger partial charge in [0.25, 0.3) is 0 Å². The summed E-state index contributed by atoms with van der Waals surface area (Å²) in [6.45, 7) is 1.49. The van der Waals surface area contributed by atoms with Crippen LogP contribution >= 0.6 is 11.8 Å². The molecule has 0 unspecified atom stereocenters. The van der Waals surface area contributed by atoms with Crippen molar-refractivity contribution in [1.29, 1.82) is 0 Å². The van der Waals surface area contributed by atoms with Crippen molar-refractivity contribution in [2.45, 2.75) is 54.6 Å². The van der Waals surface area contributed by atoms with Crippen molar-refractivity contribution >= 4 is 27.8 Å². The third kappa shape index (κ3) is 5.59. The van der Waals surface area contributed by atoms with E-state index in [1.165, 1.54) is 36.0 Å². The third-order valence-electron chi connectivity index (χ3n) is 6.10. The molecule has 1 saturated carbocycles. The van der Waals surface area contributed by atoms with E-state index in [9.17, 15) is 13.2 Å². The van der Waals surface area contributed by atoms with Crippen LogP contribution in [0, 0.1) is 0 Å². The van der Waals surface area contributed by atoms with E-state index in [0.29, 0.717) is 42.8 Å². The first kappa shape index (κ1) is 24.2. The summed E-state index contributed by atoms with van der Waals surface area (Å²) >= 11 is 1.30. The molecule has 4 rings (SSSR count). The van der Waals surface area contributed by atoms with Crippen LogP contribution in [0.15, 0.2) is 34.3 Å². The van der Waals surface area contributed by atoms with Crippen molar-refractivity contribution < 1.29 is 22.7 Å². The Kier molecular flexibility index (Phi) is 8.05. The summed E-state index contributed by atoms with van der Waals surface area (Å²) in [4.78, 5) is 12.0. The van der Waals surface area contributed by atoms with Crippen LogP contribution in [0.2, 0.25) is 0 Å². The molecule has 180 valence electrons. The number of carbonyl (C=O) groups excluding carboxylic acids is 1. The number of hydrogen-bond donors (Lipinski definition) is 0. The fourth-order valence-corrected chi connectivity index (χ4v) is 6.62. The summed E-state index contributed by atoms with van der Waals surface area (Å²) in [5, 5.41) is 9.48. The molecule has 1 aromatic heterocycles. The molecule has 2 aliphatic rings. The minimum Gasteiger partial charge on any atom is -0.468 e. The van der Waals surface area contributed by atoms with Gasteiger partial charge in [-0.3, -0.25) is 9.36 Å². The molecule has 1 saturated heterocycles. The lowest BCUT2D eigenvalue weighted by Gasteiger charge is -2.26. The number of morpholine rings is 1. The average Bonchev–Trinajstić information content (AvgIpc) is 3.08. The zero-order valence-corrected chi connectivity index (χ0v) is 20.4. The first-order valence-electron chi connectivity index (χ1n) is 11.3. The highest BCUT2D eigenvalue weighted by atomic mass is 32.2. The summed E-state index contributed by atoms with van der Waals surface area (Å²) in [6, 6.07) is 7.11. The zero-order chi connectivity index (χ0) is 23.3. The lowest BCUT2D eigenvalue weighted by Crippen LogP contribution is -2.40. The molecular weight excluding hydrogens is 464 g/mol. The first-order valence-corrected chi connectivity index (χ1v) is 13.8. The van der Waals surface area contributed by atoms with Gasteiger partial charge in [-0.15, -0.1) is 10.2 Å². The number of aromatic nitrogens is 3. The van der Waals surface area contributed by atoms with Gasteiger partial charge in [0.1, 0.15) is 0 Å². The van der Waals surface area contributed by atoms with Crippen LogP contribution in [0.25, 0.3) is 11.4 Å². The molecule has 0 radical (unpaired) electrons. The highest BCUT2D eigenvalue weighted by molar-refractivity contribution is 7.99. The van der Waals surface area contributed by atoms with Gasteiger partial charge in [-0.05, 0) is 25.0 Å². The molecule has 1 aromatic carbocycles. The van der Waals surface area contributed by atoms with Crippen LogP contribution < -0.4 is 0 Å². The monoisotopic (exact) mass is 494 g/mol. The molecule has 0 bridgehead atoms. The van der Waals surface area contributed by atoms with Crippen LogP contribution in [0.5, 0.6) is 0 Å². The number of hydrogen-bond acceptors (Lipinski definition) is 8.